The fourth-order valence-corrected chi connectivity index (χ4v) is 2.08. The van der Waals surface area contributed by atoms with Gasteiger partial charge >= 0.3 is 6.18 Å². The number of rotatable bonds is 7. The molecule has 26 heavy (non-hydrogen) atoms. The lowest BCUT2D eigenvalue weighted by molar-refractivity contribution is -0.153. The number of carbonyl (C=O) groups excluding carboxylic acids is 1. The predicted molar refractivity (Wildman–Crippen MR) is 90.7 cm³/mol. The monoisotopic (exact) mass is 366 g/mol. The van der Waals surface area contributed by atoms with Crippen molar-refractivity contribution in [3.05, 3.63) is 65.7 Å². The van der Waals surface area contributed by atoms with E-state index in [1.807, 2.05) is 12.1 Å². The molecule has 3 N–H and O–H groups in total. The highest BCUT2D eigenvalue weighted by Crippen LogP contribution is 2.22. The Morgan fingerprint density at radius 2 is 1.92 bits per heavy atom. The summed E-state index contributed by atoms with van der Waals surface area (Å²) in [5.74, 6) is -0.511. The molecule has 0 spiro atoms. The van der Waals surface area contributed by atoms with E-state index in [-0.39, 0.29) is 5.75 Å². The third kappa shape index (κ3) is 6.86. The SMILES string of the molecule is O=C(/C=C/c1cccc(CNc2cccc(OCC(F)(F)F)c2)c1)NO. The van der Waals surface area contributed by atoms with Gasteiger partial charge in [-0.2, -0.15) is 13.2 Å². The Morgan fingerprint density at radius 1 is 1.15 bits per heavy atom. The van der Waals surface area contributed by atoms with Gasteiger partial charge < -0.3 is 10.1 Å². The van der Waals surface area contributed by atoms with Gasteiger partial charge in [-0.25, -0.2) is 5.48 Å². The Kier molecular flexibility index (Phi) is 6.62. The number of anilines is 1. The van der Waals surface area contributed by atoms with Crippen LogP contribution >= 0.6 is 0 Å². The predicted octanol–water partition coefficient (Wildman–Crippen LogP) is 3.76. The van der Waals surface area contributed by atoms with E-state index in [9.17, 15) is 18.0 Å². The van der Waals surface area contributed by atoms with Gasteiger partial charge in [-0.1, -0.05) is 24.3 Å². The van der Waals surface area contributed by atoms with Gasteiger partial charge in [-0.3, -0.25) is 10.0 Å². The number of hydrogen-bond acceptors (Lipinski definition) is 4. The Balaban J connectivity index is 1.96. The summed E-state index contributed by atoms with van der Waals surface area (Å²) in [6, 6.07) is 13.5. The Labute approximate surface area is 148 Å². The molecule has 0 unspecified atom stereocenters. The molecule has 0 saturated heterocycles. The Bertz CT molecular complexity index is 776. The molecule has 0 fully saturated rings. The molecular weight excluding hydrogens is 349 g/mol. The molecule has 0 aliphatic heterocycles. The van der Waals surface area contributed by atoms with Crippen molar-refractivity contribution in [3.8, 4) is 5.75 Å². The van der Waals surface area contributed by atoms with Gasteiger partial charge in [0.2, 0.25) is 0 Å². The van der Waals surface area contributed by atoms with Crippen molar-refractivity contribution in [3.63, 3.8) is 0 Å². The maximum Gasteiger partial charge on any atom is 0.422 e. The topological polar surface area (TPSA) is 70.6 Å². The lowest BCUT2D eigenvalue weighted by Crippen LogP contribution is -2.19. The van der Waals surface area contributed by atoms with Gasteiger partial charge in [0.05, 0.1) is 0 Å². The van der Waals surface area contributed by atoms with Crippen molar-refractivity contribution in [2.24, 2.45) is 0 Å². The number of benzene rings is 2. The summed E-state index contributed by atoms with van der Waals surface area (Å²) < 4.78 is 41.3. The molecule has 2 aromatic carbocycles. The first-order valence-electron chi connectivity index (χ1n) is 7.60. The van der Waals surface area contributed by atoms with Gasteiger partial charge in [-0.05, 0) is 35.4 Å². The first-order chi connectivity index (χ1) is 12.4. The zero-order valence-electron chi connectivity index (χ0n) is 13.6. The molecule has 0 aliphatic carbocycles. The van der Waals surface area contributed by atoms with Crippen molar-refractivity contribution >= 4 is 17.7 Å². The number of hydroxylamine groups is 1. The van der Waals surface area contributed by atoms with E-state index < -0.39 is 18.7 Å². The second-order valence-electron chi connectivity index (χ2n) is 5.34. The van der Waals surface area contributed by atoms with Gasteiger partial charge in [0, 0.05) is 24.4 Å². The zero-order chi connectivity index (χ0) is 19.0. The van der Waals surface area contributed by atoms with Crippen LogP contribution in [0.4, 0.5) is 18.9 Å². The molecule has 8 heteroatoms. The summed E-state index contributed by atoms with van der Waals surface area (Å²) in [7, 11) is 0. The van der Waals surface area contributed by atoms with E-state index in [1.54, 1.807) is 30.3 Å². The van der Waals surface area contributed by atoms with Crippen molar-refractivity contribution in [2.75, 3.05) is 11.9 Å². The largest absolute Gasteiger partial charge is 0.484 e. The highest BCUT2D eigenvalue weighted by molar-refractivity contribution is 5.90. The minimum atomic E-state index is -4.38. The van der Waals surface area contributed by atoms with Crippen molar-refractivity contribution in [1.82, 2.24) is 5.48 Å². The number of ether oxygens (including phenoxy) is 1. The number of hydrogen-bond donors (Lipinski definition) is 3. The maximum atomic E-state index is 12.2. The highest BCUT2D eigenvalue weighted by Gasteiger charge is 2.28. The van der Waals surface area contributed by atoms with E-state index in [4.69, 9.17) is 9.94 Å². The fourth-order valence-electron chi connectivity index (χ4n) is 2.08. The van der Waals surface area contributed by atoms with Crippen LogP contribution in [0.5, 0.6) is 5.75 Å². The summed E-state index contributed by atoms with van der Waals surface area (Å²) in [4.78, 5) is 11.0. The van der Waals surface area contributed by atoms with Crippen LogP contribution < -0.4 is 15.5 Å². The molecule has 0 radical (unpaired) electrons. The van der Waals surface area contributed by atoms with Crippen molar-refractivity contribution in [2.45, 2.75) is 12.7 Å². The van der Waals surface area contributed by atoms with Gasteiger partial charge in [-0.15, -0.1) is 0 Å². The molecule has 138 valence electrons. The number of halogens is 3. The van der Waals surface area contributed by atoms with E-state index in [1.165, 1.54) is 23.7 Å². The van der Waals surface area contributed by atoms with Crippen LogP contribution in [0.1, 0.15) is 11.1 Å². The zero-order valence-corrected chi connectivity index (χ0v) is 13.6. The van der Waals surface area contributed by atoms with Crippen LogP contribution in [0.15, 0.2) is 54.6 Å². The molecule has 0 aromatic heterocycles. The quantitative estimate of drug-likeness (QED) is 0.396. The molecule has 2 rings (SSSR count). The summed E-state index contributed by atoms with van der Waals surface area (Å²) in [5.41, 5.74) is 3.78. The van der Waals surface area contributed by atoms with Crippen LogP contribution in [0.25, 0.3) is 6.08 Å². The van der Waals surface area contributed by atoms with Crippen molar-refractivity contribution in [1.29, 1.82) is 0 Å². The molecule has 0 heterocycles. The molecular formula is C18H17F3N2O3. The second kappa shape index (κ2) is 8.91. The molecule has 0 aliphatic rings. The minimum absolute atomic E-state index is 0.124. The van der Waals surface area contributed by atoms with Crippen LogP contribution in [0.2, 0.25) is 0 Å². The minimum Gasteiger partial charge on any atom is -0.484 e. The Morgan fingerprint density at radius 3 is 2.65 bits per heavy atom. The first-order valence-corrected chi connectivity index (χ1v) is 7.60. The molecule has 0 bridgehead atoms. The van der Waals surface area contributed by atoms with E-state index in [2.05, 4.69) is 5.32 Å². The molecule has 0 atom stereocenters. The van der Waals surface area contributed by atoms with E-state index in [0.29, 0.717) is 12.2 Å². The lowest BCUT2D eigenvalue weighted by atomic mass is 10.1. The highest BCUT2D eigenvalue weighted by atomic mass is 19.4. The number of carbonyl (C=O) groups is 1. The average molecular weight is 366 g/mol. The standard InChI is InChI=1S/C18H17F3N2O3/c19-18(20,21)12-26-16-6-2-5-15(10-16)22-11-14-4-1-3-13(9-14)7-8-17(24)23-25/h1-10,22,25H,11-12H2,(H,23,24)/b8-7+. The lowest BCUT2D eigenvalue weighted by Gasteiger charge is -2.11. The van der Waals surface area contributed by atoms with Crippen LogP contribution in [0.3, 0.4) is 0 Å². The third-order valence-corrected chi connectivity index (χ3v) is 3.22. The summed E-state index contributed by atoms with van der Waals surface area (Å²) in [6.45, 7) is -0.914. The van der Waals surface area contributed by atoms with Gasteiger partial charge in [0.25, 0.3) is 5.91 Å². The van der Waals surface area contributed by atoms with Crippen LogP contribution in [-0.2, 0) is 11.3 Å². The molecule has 1 amide bonds. The number of nitrogens with one attached hydrogen (secondary N) is 2. The first kappa shape index (κ1) is 19.3. The summed E-state index contributed by atoms with van der Waals surface area (Å²) in [6.07, 6.45) is -1.65. The number of alkyl halides is 3. The number of amides is 1. The molecule has 0 saturated carbocycles. The molecule has 5 nitrogen and oxygen atoms in total. The van der Waals surface area contributed by atoms with Gasteiger partial charge in [0.1, 0.15) is 5.75 Å². The average Bonchev–Trinajstić information content (AvgIpc) is 2.63. The summed E-state index contributed by atoms with van der Waals surface area (Å²) >= 11 is 0. The smallest absolute Gasteiger partial charge is 0.422 e. The fraction of sp³-hybridized carbons (Fsp3) is 0.167. The van der Waals surface area contributed by atoms with Crippen LogP contribution in [-0.4, -0.2) is 23.9 Å². The van der Waals surface area contributed by atoms with Crippen LogP contribution in [0, 0.1) is 0 Å². The Hall–Kier alpha value is -3.00. The maximum absolute atomic E-state index is 12.2. The normalized spacial score (nSPS) is 11.4. The van der Waals surface area contributed by atoms with E-state index in [0.717, 1.165) is 11.1 Å². The van der Waals surface area contributed by atoms with E-state index >= 15 is 0 Å². The van der Waals surface area contributed by atoms with Gasteiger partial charge in [0.15, 0.2) is 6.61 Å². The molecule has 2 aromatic rings. The summed E-state index contributed by atoms with van der Waals surface area (Å²) in [5, 5.41) is 11.5. The van der Waals surface area contributed by atoms with Crippen molar-refractivity contribution < 1.29 is 27.9 Å². The second-order valence-corrected chi connectivity index (χ2v) is 5.34. The third-order valence-electron chi connectivity index (χ3n) is 3.22.